The van der Waals surface area contributed by atoms with Crippen molar-refractivity contribution in [2.24, 2.45) is 0 Å². The molecule has 0 unspecified atom stereocenters. The fourth-order valence-corrected chi connectivity index (χ4v) is 15.1. The number of fused-ring (bicyclic) bond motifs is 8. The van der Waals surface area contributed by atoms with Gasteiger partial charge in [0.2, 0.25) is 0 Å². The molecule has 10 aromatic heterocycles. The molecule has 538 valence electrons. The molecule has 19 aromatic rings. The van der Waals surface area contributed by atoms with Crippen molar-refractivity contribution in [1.29, 1.82) is 0 Å². The molecule has 1 aliphatic carbocycles. The third-order valence-corrected chi connectivity index (χ3v) is 20.3. The molecule has 0 aliphatic heterocycles. The van der Waals surface area contributed by atoms with Crippen LogP contribution in [-0.2, 0) is 5.41 Å². The summed E-state index contributed by atoms with van der Waals surface area (Å²) in [6.07, 6.45) is 8.61. The zero-order valence-electron chi connectivity index (χ0n) is 64.4. The first-order valence-electron chi connectivity index (χ1n) is 37.6. The highest BCUT2D eigenvalue weighted by Gasteiger charge is 2.35. The van der Waals surface area contributed by atoms with E-state index >= 15 is 0 Å². The van der Waals surface area contributed by atoms with Crippen LogP contribution in [-0.4, -0.2) is 74.8 Å². The summed E-state index contributed by atoms with van der Waals surface area (Å²) >= 11 is 16.8. The van der Waals surface area contributed by atoms with Crippen LogP contribution in [0.1, 0.15) is 31.8 Å². The van der Waals surface area contributed by atoms with E-state index in [0.717, 1.165) is 99.1 Å². The van der Waals surface area contributed by atoms with E-state index in [4.69, 9.17) is 16.8 Å². The van der Waals surface area contributed by atoms with Crippen LogP contribution in [0, 0.1) is 0 Å². The molecule has 0 amide bonds. The van der Waals surface area contributed by atoms with Gasteiger partial charge in [0.1, 0.15) is 44.8 Å². The van der Waals surface area contributed by atoms with E-state index in [9.17, 15) is 0 Å². The fourth-order valence-electron chi connectivity index (χ4n) is 13.2. The van der Waals surface area contributed by atoms with Crippen LogP contribution in [0.15, 0.2) is 352 Å². The van der Waals surface area contributed by atoms with Crippen LogP contribution in [0.3, 0.4) is 0 Å². The largest absolute Gasteiger partial charge is 0.252 e. The Bertz CT molecular complexity index is 6940. The molecule has 0 spiro atoms. The van der Waals surface area contributed by atoms with E-state index in [-0.39, 0.29) is 33.5 Å². The standard InChI is InChI=1S/C28H20BrN3.2C19H12BrN3.2C13H8BrN3/c1-28(2)23-11-4-3-9-20(23)21-13-12-17(16-24(21)28)25-22-10-6-14-30-27(22)32-26(31-25)18-7-5-8-19(29)15-18;20-19-22-16-10-5-11-21-18(16)17(23-19)15-9-4-8-14(12-15)13-6-2-1-3-7-13;20-19-22-16-7-4-12-21-18(16)17(23-19)15-10-8-14(9-11-15)13-5-2-1-3-6-13;2*14-13-16-10-7-4-8-15-12(10)11(17-13)9-5-2-1-3-6-9/h3-16H,1-2H3;2*1-12H;2*1-8H/i;;;1D,2D,3D,5D,6D;. The van der Waals surface area contributed by atoms with Gasteiger partial charge >= 0.3 is 0 Å². The number of nitrogens with zero attached hydrogens (tertiary/aromatic N) is 15. The third-order valence-electron chi connectivity index (χ3n) is 18.4. The lowest BCUT2D eigenvalue weighted by Gasteiger charge is -2.22. The highest BCUT2D eigenvalue weighted by atomic mass is 79.9. The van der Waals surface area contributed by atoms with E-state index in [1.807, 2.05) is 140 Å². The molecule has 10 heterocycles. The Balaban J connectivity index is 0.000000111. The van der Waals surface area contributed by atoms with Crippen molar-refractivity contribution in [3.05, 3.63) is 363 Å². The van der Waals surface area contributed by atoms with E-state index < -0.39 is 18.1 Å². The lowest BCUT2D eigenvalue weighted by Crippen LogP contribution is -2.15. The maximum Gasteiger partial charge on any atom is 0.197 e. The molecule has 0 N–H and O–H groups in total. The second-order valence-corrected chi connectivity index (χ2v) is 29.6. The Hall–Kier alpha value is -12.2. The number of halogens is 5. The number of hydrogen-bond acceptors (Lipinski definition) is 15. The predicted octanol–water partition coefficient (Wildman–Crippen LogP) is 24.6. The molecule has 0 saturated heterocycles. The van der Waals surface area contributed by atoms with Gasteiger partial charge in [0.15, 0.2) is 30.4 Å². The minimum Gasteiger partial charge on any atom is -0.252 e. The quantitative estimate of drug-likeness (QED) is 0.130. The molecule has 0 radical (unpaired) electrons. The minimum absolute atomic E-state index is 0.0119. The summed E-state index contributed by atoms with van der Waals surface area (Å²) in [7, 11) is 0. The highest BCUT2D eigenvalue weighted by Crippen LogP contribution is 2.50. The molecule has 20 heteroatoms. The van der Waals surface area contributed by atoms with Gasteiger partial charge in [-0.05, 0) is 193 Å². The summed E-state index contributed by atoms with van der Waals surface area (Å²) < 4.78 is 42.2. The molecule has 0 atom stereocenters. The van der Waals surface area contributed by atoms with Gasteiger partial charge in [-0.15, -0.1) is 0 Å². The van der Waals surface area contributed by atoms with Crippen molar-refractivity contribution < 1.29 is 6.85 Å². The molecule has 20 rings (SSSR count). The molecule has 9 aromatic carbocycles. The van der Waals surface area contributed by atoms with E-state index in [1.165, 1.54) is 38.9 Å². The first kappa shape index (κ1) is 67.9. The van der Waals surface area contributed by atoms with Crippen molar-refractivity contribution in [3.8, 4) is 101 Å². The summed E-state index contributed by atoms with van der Waals surface area (Å²) in [5.74, 6) is 0.676. The monoisotopic (exact) mass is 1770 g/mol. The van der Waals surface area contributed by atoms with Crippen LogP contribution in [0.25, 0.3) is 156 Å². The normalized spacial score (nSPS) is 12.2. The maximum atomic E-state index is 8.04. The van der Waals surface area contributed by atoms with Gasteiger partial charge in [-0.2, -0.15) is 0 Å². The van der Waals surface area contributed by atoms with Crippen LogP contribution in [0.4, 0.5) is 0 Å². The van der Waals surface area contributed by atoms with E-state index in [2.05, 4.69) is 274 Å². The van der Waals surface area contributed by atoms with Crippen LogP contribution >= 0.6 is 79.6 Å². The average molecular weight is 1780 g/mol. The average Bonchev–Trinajstić information content (AvgIpc) is 1.62. The smallest absolute Gasteiger partial charge is 0.197 e. The molecule has 0 bridgehead atoms. The van der Waals surface area contributed by atoms with Crippen LogP contribution < -0.4 is 0 Å². The summed E-state index contributed by atoms with van der Waals surface area (Å²) in [5, 5.41) is 0.958. The zero-order valence-corrected chi connectivity index (χ0v) is 67.3. The van der Waals surface area contributed by atoms with E-state index in [0.29, 0.717) is 36.7 Å². The van der Waals surface area contributed by atoms with Gasteiger partial charge in [-0.3, -0.25) is 19.9 Å². The minimum atomic E-state index is -0.441. The second-order valence-electron chi connectivity index (χ2n) is 25.8. The second kappa shape index (κ2) is 33.6. The summed E-state index contributed by atoms with van der Waals surface area (Å²) in [4.78, 5) is 66.7. The molecule has 1 aliphatic rings. The lowest BCUT2D eigenvalue weighted by atomic mass is 9.82. The van der Waals surface area contributed by atoms with Gasteiger partial charge in [0.25, 0.3) is 0 Å². The first-order valence-corrected chi connectivity index (χ1v) is 39.1. The number of pyridine rings is 5. The molecular weight excluding hydrogens is 1710 g/mol. The molecule has 0 fully saturated rings. The summed E-state index contributed by atoms with van der Waals surface area (Å²) in [5.41, 5.74) is 25.3. The van der Waals surface area contributed by atoms with Crippen molar-refractivity contribution in [2.75, 3.05) is 0 Å². The number of aromatic nitrogens is 15. The SMILES string of the molecule is Brc1nc(-c2ccc(-c3ccccc3)cc2)c2ncccc2n1.Brc1nc(-c2cccc(-c3ccccc3)c2)c2ncccc2n1.Brc1nc(-c2ccccc2)c2ncccc2n1.CC1(C)c2ccccc2-c2ccc(-c3nc(-c4cccc(Br)c4)nc4ncccc34)cc21.[2H]c1c([2H])c([2H])c(-c2nc(Br)nc3cccnc23)c([2H])c1[2H]. The fraction of sp³-hybridized carbons (Fsp3) is 0.0326. The number of hydrogen-bond donors (Lipinski definition) is 0. The zero-order chi connectivity index (χ0) is 80.8. The third kappa shape index (κ3) is 16.4. The Morgan fingerprint density at radius 2 is 0.661 bits per heavy atom. The highest BCUT2D eigenvalue weighted by molar-refractivity contribution is 9.11. The van der Waals surface area contributed by atoms with Gasteiger partial charge in [-0.1, -0.05) is 242 Å². The first-order chi connectivity index (χ1) is 56.9. The molecular formula is C92H60Br5N15. The van der Waals surface area contributed by atoms with Crippen LogP contribution in [0.5, 0.6) is 0 Å². The number of rotatable bonds is 8. The molecule has 112 heavy (non-hydrogen) atoms. The summed E-state index contributed by atoms with van der Waals surface area (Å²) in [6, 6.07) is 87.8. The van der Waals surface area contributed by atoms with Gasteiger partial charge < -0.3 is 0 Å². The molecule has 15 nitrogen and oxygen atoms in total. The maximum absolute atomic E-state index is 8.04. The Labute approximate surface area is 693 Å². The van der Waals surface area contributed by atoms with Gasteiger partial charge in [-0.25, -0.2) is 54.8 Å². The molecule has 0 saturated carbocycles. The van der Waals surface area contributed by atoms with E-state index in [1.54, 1.807) is 43.1 Å². The predicted molar refractivity (Wildman–Crippen MR) is 466 cm³/mol. The Morgan fingerprint density at radius 1 is 0.268 bits per heavy atom. The lowest BCUT2D eigenvalue weighted by molar-refractivity contribution is 0.660. The van der Waals surface area contributed by atoms with Crippen molar-refractivity contribution in [1.82, 2.24) is 74.8 Å². The van der Waals surface area contributed by atoms with Crippen molar-refractivity contribution >= 4 is 135 Å². The van der Waals surface area contributed by atoms with Crippen molar-refractivity contribution in [2.45, 2.75) is 19.3 Å². The van der Waals surface area contributed by atoms with Crippen LogP contribution in [0.2, 0.25) is 0 Å². The Morgan fingerprint density at radius 3 is 1.21 bits per heavy atom. The Kier molecular flexibility index (Phi) is 20.4. The summed E-state index contributed by atoms with van der Waals surface area (Å²) in [6.45, 7) is 4.60. The van der Waals surface area contributed by atoms with Crippen molar-refractivity contribution in [3.63, 3.8) is 0 Å². The number of benzene rings is 9. The van der Waals surface area contributed by atoms with Gasteiger partial charge in [0.05, 0.1) is 34.6 Å². The van der Waals surface area contributed by atoms with Gasteiger partial charge in [0, 0.05) is 79.6 Å². The topological polar surface area (TPSA) is 193 Å².